The van der Waals surface area contributed by atoms with Crippen LogP contribution in [0.15, 0.2) is 42.5 Å². The van der Waals surface area contributed by atoms with E-state index in [0.29, 0.717) is 21.5 Å². The molecular formula is C15H13Cl3O. The maximum atomic E-state index is 9.60. The van der Waals surface area contributed by atoms with Gasteiger partial charge in [0.2, 0.25) is 0 Å². The maximum absolute atomic E-state index is 9.60. The number of hydrogen-bond acceptors (Lipinski definition) is 1. The van der Waals surface area contributed by atoms with Crippen LogP contribution in [0, 0.1) is 0 Å². The van der Waals surface area contributed by atoms with Gasteiger partial charge in [-0.2, -0.15) is 0 Å². The molecule has 0 aliphatic carbocycles. The molecule has 0 aromatic heterocycles. The van der Waals surface area contributed by atoms with Crippen molar-refractivity contribution < 1.29 is 5.11 Å². The normalized spacial score (nSPS) is 12.4. The molecule has 1 N–H and O–H groups in total. The topological polar surface area (TPSA) is 20.2 Å². The molecule has 0 heterocycles. The summed E-state index contributed by atoms with van der Waals surface area (Å²) in [7, 11) is 0. The van der Waals surface area contributed by atoms with Gasteiger partial charge in [0, 0.05) is 21.0 Å². The molecule has 0 unspecified atom stereocenters. The number of benzene rings is 2. The van der Waals surface area contributed by atoms with Crippen molar-refractivity contribution in [3.63, 3.8) is 0 Å². The van der Waals surface area contributed by atoms with Crippen LogP contribution in [0.2, 0.25) is 15.1 Å². The second kappa shape index (κ2) is 6.62. The lowest BCUT2D eigenvalue weighted by Crippen LogP contribution is -2.09. The van der Waals surface area contributed by atoms with Crippen molar-refractivity contribution in [2.45, 2.75) is 12.3 Å². The Kier molecular flexibility index (Phi) is 5.12. The van der Waals surface area contributed by atoms with E-state index in [9.17, 15) is 5.11 Å². The van der Waals surface area contributed by atoms with Crippen molar-refractivity contribution in [1.29, 1.82) is 0 Å². The highest BCUT2D eigenvalue weighted by atomic mass is 35.5. The predicted octanol–water partition coefficient (Wildman–Crippen LogP) is 4.97. The zero-order valence-electron chi connectivity index (χ0n) is 10.1. The minimum Gasteiger partial charge on any atom is -0.396 e. The van der Waals surface area contributed by atoms with Gasteiger partial charge in [-0.25, -0.2) is 0 Å². The van der Waals surface area contributed by atoms with Gasteiger partial charge in [0.1, 0.15) is 0 Å². The van der Waals surface area contributed by atoms with E-state index in [-0.39, 0.29) is 12.5 Å². The standard InChI is InChI=1S/C15H13Cl3O/c16-13-5-2-1-4-11(13)10(9-19)8-12-14(17)6-3-7-15(12)18/h1-7,10,19H,8-9H2/t10-/m0/s1. The van der Waals surface area contributed by atoms with Gasteiger partial charge in [-0.05, 0) is 35.7 Å². The average molecular weight is 316 g/mol. The molecule has 4 heteroatoms. The maximum Gasteiger partial charge on any atom is 0.0503 e. The lowest BCUT2D eigenvalue weighted by Gasteiger charge is -2.17. The van der Waals surface area contributed by atoms with E-state index in [1.807, 2.05) is 24.3 Å². The smallest absolute Gasteiger partial charge is 0.0503 e. The molecule has 2 aromatic rings. The van der Waals surface area contributed by atoms with Crippen LogP contribution < -0.4 is 0 Å². The van der Waals surface area contributed by atoms with E-state index in [1.165, 1.54) is 0 Å². The van der Waals surface area contributed by atoms with Gasteiger partial charge in [-0.15, -0.1) is 0 Å². The summed E-state index contributed by atoms with van der Waals surface area (Å²) in [5.41, 5.74) is 1.74. The number of aliphatic hydroxyl groups is 1. The zero-order chi connectivity index (χ0) is 13.8. The zero-order valence-corrected chi connectivity index (χ0v) is 12.4. The first-order valence-corrected chi connectivity index (χ1v) is 7.05. The van der Waals surface area contributed by atoms with Crippen molar-refractivity contribution in [2.24, 2.45) is 0 Å². The number of rotatable bonds is 4. The molecule has 0 amide bonds. The number of aliphatic hydroxyl groups excluding tert-OH is 1. The van der Waals surface area contributed by atoms with Gasteiger partial charge in [0.05, 0.1) is 6.61 Å². The summed E-state index contributed by atoms with van der Waals surface area (Å²) in [6.45, 7) is -0.00865. The van der Waals surface area contributed by atoms with Crippen LogP contribution in [0.3, 0.4) is 0 Å². The highest BCUT2D eigenvalue weighted by Gasteiger charge is 2.17. The Bertz CT molecular complexity index is 549. The first kappa shape index (κ1) is 14.7. The lowest BCUT2D eigenvalue weighted by atomic mass is 9.92. The highest BCUT2D eigenvalue weighted by Crippen LogP contribution is 2.32. The quantitative estimate of drug-likeness (QED) is 0.845. The van der Waals surface area contributed by atoms with Crippen molar-refractivity contribution in [3.8, 4) is 0 Å². The fraction of sp³-hybridized carbons (Fsp3) is 0.200. The summed E-state index contributed by atoms with van der Waals surface area (Å²) in [6.07, 6.45) is 0.554. The predicted molar refractivity (Wildman–Crippen MR) is 81.4 cm³/mol. The highest BCUT2D eigenvalue weighted by molar-refractivity contribution is 6.36. The summed E-state index contributed by atoms with van der Waals surface area (Å²) in [5.74, 6) is -0.119. The number of hydrogen-bond donors (Lipinski definition) is 1. The molecule has 1 nitrogen and oxygen atoms in total. The van der Waals surface area contributed by atoms with Crippen LogP contribution in [0.5, 0.6) is 0 Å². The Morgan fingerprint density at radius 3 is 2.00 bits per heavy atom. The second-order valence-electron chi connectivity index (χ2n) is 4.31. The van der Waals surface area contributed by atoms with Crippen LogP contribution in [-0.2, 0) is 6.42 Å². The molecule has 2 rings (SSSR count). The molecule has 0 fully saturated rings. The Morgan fingerprint density at radius 2 is 1.42 bits per heavy atom. The molecule has 0 radical (unpaired) electrons. The first-order chi connectivity index (χ1) is 9.13. The first-order valence-electron chi connectivity index (χ1n) is 5.91. The summed E-state index contributed by atoms with van der Waals surface area (Å²) in [4.78, 5) is 0. The molecule has 0 saturated heterocycles. The van der Waals surface area contributed by atoms with E-state index < -0.39 is 0 Å². The Balaban J connectivity index is 2.32. The van der Waals surface area contributed by atoms with Crippen molar-refractivity contribution in [3.05, 3.63) is 68.7 Å². The van der Waals surface area contributed by atoms with Gasteiger partial charge >= 0.3 is 0 Å². The third-order valence-corrected chi connectivity index (χ3v) is 4.13. The van der Waals surface area contributed by atoms with E-state index in [0.717, 1.165) is 11.1 Å². The van der Waals surface area contributed by atoms with Crippen molar-refractivity contribution >= 4 is 34.8 Å². The van der Waals surface area contributed by atoms with Crippen LogP contribution >= 0.6 is 34.8 Å². The molecule has 0 aliphatic rings. The Labute approximate surface area is 127 Å². The monoisotopic (exact) mass is 314 g/mol. The van der Waals surface area contributed by atoms with Gasteiger partial charge in [0.25, 0.3) is 0 Å². The third kappa shape index (κ3) is 3.43. The molecule has 0 aliphatic heterocycles. The van der Waals surface area contributed by atoms with E-state index in [2.05, 4.69) is 0 Å². The molecule has 1 atom stereocenters. The molecule has 2 aromatic carbocycles. The van der Waals surface area contributed by atoms with Gasteiger partial charge < -0.3 is 5.11 Å². The SMILES string of the molecule is OC[C@H](Cc1c(Cl)cccc1Cl)c1ccccc1Cl. The fourth-order valence-electron chi connectivity index (χ4n) is 2.05. The molecule has 100 valence electrons. The van der Waals surface area contributed by atoms with Crippen LogP contribution in [0.4, 0.5) is 0 Å². The third-order valence-electron chi connectivity index (χ3n) is 3.08. The lowest BCUT2D eigenvalue weighted by molar-refractivity contribution is 0.264. The second-order valence-corrected chi connectivity index (χ2v) is 5.53. The van der Waals surface area contributed by atoms with Gasteiger partial charge in [-0.1, -0.05) is 59.1 Å². The summed E-state index contributed by atoms with van der Waals surface area (Å²) < 4.78 is 0. The summed E-state index contributed by atoms with van der Waals surface area (Å²) >= 11 is 18.5. The van der Waals surface area contributed by atoms with Crippen LogP contribution in [0.1, 0.15) is 17.0 Å². The Hall–Kier alpha value is -0.730. The molecular weight excluding hydrogens is 303 g/mol. The van der Waals surface area contributed by atoms with E-state index >= 15 is 0 Å². The van der Waals surface area contributed by atoms with E-state index in [1.54, 1.807) is 18.2 Å². The largest absolute Gasteiger partial charge is 0.396 e. The molecule has 19 heavy (non-hydrogen) atoms. The minimum atomic E-state index is -0.119. The summed E-state index contributed by atoms with van der Waals surface area (Å²) in [5, 5.41) is 11.5. The molecule has 0 bridgehead atoms. The Morgan fingerprint density at radius 1 is 0.842 bits per heavy atom. The van der Waals surface area contributed by atoms with Crippen molar-refractivity contribution in [1.82, 2.24) is 0 Å². The number of halogens is 3. The average Bonchev–Trinajstić information content (AvgIpc) is 2.40. The van der Waals surface area contributed by atoms with Crippen LogP contribution in [-0.4, -0.2) is 11.7 Å². The van der Waals surface area contributed by atoms with Crippen LogP contribution in [0.25, 0.3) is 0 Å². The van der Waals surface area contributed by atoms with Gasteiger partial charge in [-0.3, -0.25) is 0 Å². The summed E-state index contributed by atoms with van der Waals surface area (Å²) in [6, 6.07) is 12.9. The van der Waals surface area contributed by atoms with Crippen molar-refractivity contribution in [2.75, 3.05) is 6.61 Å². The molecule has 0 saturated carbocycles. The van der Waals surface area contributed by atoms with Gasteiger partial charge in [0.15, 0.2) is 0 Å². The molecule has 0 spiro atoms. The fourth-order valence-corrected chi connectivity index (χ4v) is 2.89. The minimum absolute atomic E-state index is 0.00865. The van der Waals surface area contributed by atoms with E-state index in [4.69, 9.17) is 34.8 Å².